The normalized spacial score (nSPS) is 11.9. The highest BCUT2D eigenvalue weighted by Gasteiger charge is 2.09. The molecular weight excluding hydrogens is 408 g/mol. The quantitative estimate of drug-likeness (QED) is 0.0705. The number of aliphatic hydroxyl groups is 1. The fraction of sp³-hybridized carbons (Fsp3) is 0.933. The summed E-state index contributed by atoms with van der Waals surface area (Å²) >= 11 is 0. The Balaban J connectivity index is 3.58. The lowest BCUT2D eigenvalue weighted by Crippen LogP contribution is -2.19. The standard InChI is InChI=1S/C30H60O3/c1-3-5-7-24-28-32-30(33-29-25-8-6-4-2)26-22-20-18-16-14-12-10-9-11-13-15-17-19-21-23-27-31/h19,21,30-31H,3-18,20,22-29H2,1-2H3/b21-19-. The van der Waals surface area contributed by atoms with Crippen LogP contribution in [0.3, 0.4) is 0 Å². The zero-order valence-electron chi connectivity index (χ0n) is 22.7. The number of aliphatic hydroxyl groups excluding tert-OH is 1. The predicted octanol–water partition coefficient (Wildman–Crippen LogP) is 9.52. The van der Waals surface area contributed by atoms with Crippen molar-refractivity contribution in [2.45, 2.75) is 161 Å². The molecule has 0 amide bonds. The maximum absolute atomic E-state index is 8.73. The van der Waals surface area contributed by atoms with E-state index in [0.29, 0.717) is 0 Å². The summed E-state index contributed by atoms with van der Waals surface area (Å²) in [5.41, 5.74) is 0. The monoisotopic (exact) mass is 468 g/mol. The van der Waals surface area contributed by atoms with Gasteiger partial charge in [-0.2, -0.15) is 0 Å². The Morgan fingerprint density at radius 1 is 0.515 bits per heavy atom. The van der Waals surface area contributed by atoms with Crippen molar-refractivity contribution in [2.24, 2.45) is 0 Å². The molecule has 33 heavy (non-hydrogen) atoms. The van der Waals surface area contributed by atoms with Gasteiger partial charge >= 0.3 is 0 Å². The molecule has 0 bridgehead atoms. The summed E-state index contributed by atoms with van der Waals surface area (Å²) in [6, 6.07) is 0. The Morgan fingerprint density at radius 3 is 1.42 bits per heavy atom. The fourth-order valence-electron chi connectivity index (χ4n) is 4.18. The van der Waals surface area contributed by atoms with Crippen LogP contribution in [0.5, 0.6) is 0 Å². The van der Waals surface area contributed by atoms with E-state index in [1.54, 1.807) is 0 Å². The minimum atomic E-state index is 0.0263. The first kappa shape index (κ1) is 32.6. The van der Waals surface area contributed by atoms with Crippen molar-refractivity contribution in [1.29, 1.82) is 0 Å². The van der Waals surface area contributed by atoms with E-state index in [2.05, 4.69) is 26.0 Å². The number of allylic oxidation sites excluding steroid dienone is 1. The molecule has 3 nitrogen and oxygen atoms in total. The summed E-state index contributed by atoms with van der Waals surface area (Å²) in [5, 5.41) is 8.73. The lowest BCUT2D eigenvalue weighted by atomic mass is 10.0. The Morgan fingerprint density at radius 2 is 0.939 bits per heavy atom. The van der Waals surface area contributed by atoms with E-state index in [4.69, 9.17) is 14.6 Å². The van der Waals surface area contributed by atoms with E-state index in [9.17, 15) is 0 Å². The Labute approximate surface area is 208 Å². The van der Waals surface area contributed by atoms with Gasteiger partial charge in [0.05, 0.1) is 0 Å². The maximum atomic E-state index is 8.73. The smallest absolute Gasteiger partial charge is 0.157 e. The summed E-state index contributed by atoms with van der Waals surface area (Å²) in [5.74, 6) is 0. The van der Waals surface area contributed by atoms with E-state index in [-0.39, 0.29) is 12.9 Å². The van der Waals surface area contributed by atoms with Crippen LogP contribution in [0.4, 0.5) is 0 Å². The van der Waals surface area contributed by atoms with Crippen LogP contribution in [0.25, 0.3) is 0 Å². The number of hydrogen-bond acceptors (Lipinski definition) is 3. The van der Waals surface area contributed by atoms with Crippen LogP contribution in [-0.4, -0.2) is 31.2 Å². The highest BCUT2D eigenvalue weighted by molar-refractivity contribution is 4.80. The molecule has 198 valence electrons. The molecule has 0 radical (unpaired) electrons. The van der Waals surface area contributed by atoms with Gasteiger partial charge in [0.15, 0.2) is 6.29 Å². The van der Waals surface area contributed by atoms with Gasteiger partial charge in [-0.25, -0.2) is 0 Å². The summed E-state index contributed by atoms with van der Waals surface area (Å²) < 4.78 is 12.2. The third-order valence-electron chi connectivity index (χ3n) is 6.38. The van der Waals surface area contributed by atoms with Crippen molar-refractivity contribution in [1.82, 2.24) is 0 Å². The number of ether oxygens (including phenoxy) is 2. The van der Waals surface area contributed by atoms with Gasteiger partial charge in [0.2, 0.25) is 0 Å². The summed E-state index contributed by atoms with van der Waals surface area (Å²) in [6.45, 7) is 6.51. The van der Waals surface area contributed by atoms with Gasteiger partial charge < -0.3 is 14.6 Å². The Bertz CT molecular complexity index is 356. The maximum Gasteiger partial charge on any atom is 0.157 e. The predicted molar refractivity (Wildman–Crippen MR) is 145 cm³/mol. The van der Waals surface area contributed by atoms with E-state index in [1.165, 1.54) is 128 Å². The van der Waals surface area contributed by atoms with Crippen LogP contribution < -0.4 is 0 Å². The minimum Gasteiger partial charge on any atom is -0.396 e. The van der Waals surface area contributed by atoms with Crippen LogP contribution in [0.2, 0.25) is 0 Å². The Hall–Kier alpha value is -0.380. The van der Waals surface area contributed by atoms with Gasteiger partial charge in [0, 0.05) is 19.8 Å². The van der Waals surface area contributed by atoms with Crippen LogP contribution in [0.15, 0.2) is 12.2 Å². The van der Waals surface area contributed by atoms with Gasteiger partial charge in [0.25, 0.3) is 0 Å². The van der Waals surface area contributed by atoms with Gasteiger partial charge in [0.1, 0.15) is 0 Å². The van der Waals surface area contributed by atoms with Gasteiger partial charge in [-0.05, 0) is 44.9 Å². The van der Waals surface area contributed by atoms with Gasteiger partial charge in [-0.3, -0.25) is 0 Å². The van der Waals surface area contributed by atoms with Gasteiger partial charge in [-0.15, -0.1) is 0 Å². The van der Waals surface area contributed by atoms with Crippen LogP contribution in [0.1, 0.15) is 155 Å². The van der Waals surface area contributed by atoms with Crippen molar-refractivity contribution in [3.8, 4) is 0 Å². The van der Waals surface area contributed by atoms with E-state index < -0.39 is 0 Å². The van der Waals surface area contributed by atoms with Gasteiger partial charge in [-0.1, -0.05) is 122 Å². The van der Waals surface area contributed by atoms with E-state index >= 15 is 0 Å². The topological polar surface area (TPSA) is 38.7 Å². The molecule has 0 fully saturated rings. The summed E-state index contributed by atoms with van der Waals surface area (Å²) in [7, 11) is 0. The third kappa shape index (κ3) is 27.7. The SMILES string of the molecule is CCCCCCOC(CCCCCCCCCCCCC/C=C\CCO)OCCCCCC. The lowest BCUT2D eigenvalue weighted by Gasteiger charge is -2.19. The second-order valence-corrected chi connectivity index (χ2v) is 9.74. The minimum absolute atomic E-state index is 0.0263. The fourth-order valence-corrected chi connectivity index (χ4v) is 4.18. The van der Waals surface area contributed by atoms with Crippen molar-refractivity contribution < 1.29 is 14.6 Å². The van der Waals surface area contributed by atoms with Crippen molar-refractivity contribution in [3.63, 3.8) is 0 Å². The molecule has 0 saturated heterocycles. The molecule has 1 N–H and O–H groups in total. The zero-order chi connectivity index (χ0) is 24.1. The Kier molecular flexibility index (Phi) is 29.3. The molecule has 3 heteroatoms. The number of hydrogen-bond donors (Lipinski definition) is 1. The molecule has 0 aromatic heterocycles. The second-order valence-electron chi connectivity index (χ2n) is 9.74. The largest absolute Gasteiger partial charge is 0.396 e. The first-order valence-corrected chi connectivity index (χ1v) is 14.8. The molecule has 0 atom stereocenters. The highest BCUT2D eigenvalue weighted by atomic mass is 16.7. The van der Waals surface area contributed by atoms with E-state index in [0.717, 1.165) is 26.1 Å². The second kappa shape index (κ2) is 29.7. The molecule has 0 saturated carbocycles. The number of unbranched alkanes of at least 4 members (excludes halogenated alkanes) is 17. The summed E-state index contributed by atoms with van der Waals surface area (Å²) in [6.07, 6.45) is 32.4. The van der Waals surface area contributed by atoms with Crippen molar-refractivity contribution in [3.05, 3.63) is 12.2 Å². The third-order valence-corrected chi connectivity index (χ3v) is 6.38. The molecule has 0 unspecified atom stereocenters. The molecule has 0 aromatic rings. The average molecular weight is 469 g/mol. The molecule has 0 aromatic carbocycles. The molecule has 0 aliphatic rings. The molecule has 0 spiro atoms. The highest BCUT2D eigenvalue weighted by Crippen LogP contribution is 2.15. The first-order valence-electron chi connectivity index (χ1n) is 14.8. The van der Waals surface area contributed by atoms with Crippen LogP contribution >= 0.6 is 0 Å². The molecule has 0 aliphatic heterocycles. The first-order chi connectivity index (χ1) is 16.3. The van der Waals surface area contributed by atoms with Crippen molar-refractivity contribution in [2.75, 3.05) is 19.8 Å². The van der Waals surface area contributed by atoms with E-state index in [1.807, 2.05) is 0 Å². The summed E-state index contributed by atoms with van der Waals surface area (Å²) in [4.78, 5) is 0. The average Bonchev–Trinajstić information content (AvgIpc) is 2.83. The van der Waals surface area contributed by atoms with Crippen LogP contribution in [-0.2, 0) is 9.47 Å². The zero-order valence-corrected chi connectivity index (χ0v) is 22.7. The van der Waals surface area contributed by atoms with Crippen molar-refractivity contribution >= 4 is 0 Å². The lowest BCUT2D eigenvalue weighted by molar-refractivity contribution is -0.148. The molecular formula is C30H60O3. The molecule has 0 aliphatic carbocycles. The van der Waals surface area contributed by atoms with Crippen LogP contribution in [0, 0.1) is 0 Å². The number of rotatable bonds is 28. The molecule has 0 rings (SSSR count). The molecule has 0 heterocycles.